The molecule has 1 aliphatic heterocycles. The van der Waals surface area contributed by atoms with Crippen LogP contribution in [0.2, 0.25) is 0 Å². The molecule has 3 atom stereocenters. The molecule has 0 saturated carbocycles. The average Bonchev–Trinajstić information content (AvgIpc) is 2.88. The first-order chi connectivity index (χ1) is 9.52. The van der Waals surface area contributed by atoms with Crippen molar-refractivity contribution in [3.05, 3.63) is 34.3 Å². The number of hydrogen-bond acceptors (Lipinski definition) is 3. The van der Waals surface area contributed by atoms with Crippen molar-refractivity contribution >= 4 is 15.9 Å². The van der Waals surface area contributed by atoms with Crippen LogP contribution >= 0.6 is 15.9 Å². The highest BCUT2D eigenvalue weighted by atomic mass is 79.9. The summed E-state index contributed by atoms with van der Waals surface area (Å²) in [5.74, 6) is 0. The Morgan fingerprint density at radius 2 is 2.20 bits per heavy atom. The zero-order chi connectivity index (χ0) is 14.7. The van der Waals surface area contributed by atoms with Crippen molar-refractivity contribution in [2.45, 2.75) is 37.9 Å². The van der Waals surface area contributed by atoms with Crippen LogP contribution in [0.4, 0.5) is 0 Å². The van der Waals surface area contributed by atoms with E-state index in [9.17, 15) is 0 Å². The molecule has 1 saturated heterocycles. The molecule has 3 nitrogen and oxygen atoms in total. The van der Waals surface area contributed by atoms with Gasteiger partial charge in [-0.25, -0.2) is 0 Å². The van der Waals surface area contributed by atoms with Crippen LogP contribution in [0.5, 0.6) is 0 Å². The second-order valence-electron chi connectivity index (χ2n) is 5.97. The predicted molar refractivity (Wildman–Crippen MR) is 88.8 cm³/mol. The van der Waals surface area contributed by atoms with Gasteiger partial charge in [0.15, 0.2) is 0 Å². The molecule has 112 valence electrons. The van der Waals surface area contributed by atoms with E-state index >= 15 is 0 Å². The number of likely N-dealkylation sites (N-methyl/N-ethyl adjacent to an activating group) is 1. The normalized spacial score (nSPS) is 23.2. The van der Waals surface area contributed by atoms with Gasteiger partial charge >= 0.3 is 0 Å². The molecule has 2 N–H and O–H groups in total. The second-order valence-corrected chi connectivity index (χ2v) is 6.89. The van der Waals surface area contributed by atoms with Crippen molar-refractivity contribution in [1.82, 2.24) is 9.80 Å². The summed E-state index contributed by atoms with van der Waals surface area (Å²) in [7, 11) is 4.34. The summed E-state index contributed by atoms with van der Waals surface area (Å²) in [4.78, 5) is 4.88. The van der Waals surface area contributed by atoms with E-state index in [0.717, 1.165) is 24.0 Å². The molecule has 0 aliphatic carbocycles. The molecule has 1 aliphatic rings. The highest BCUT2D eigenvalue weighted by Gasteiger charge is 2.32. The van der Waals surface area contributed by atoms with Gasteiger partial charge in [0.05, 0.1) is 0 Å². The molecule has 0 bridgehead atoms. The van der Waals surface area contributed by atoms with Gasteiger partial charge in [0.1, 0.15) is 0 Å². The first-order valence-electron chi connectivity index (χ1n) is 7.44. The average molecular weight is 340 g/mol. The predicted octanol–water partition coefficient (Wildman–Crippen LogP) is 2.86. The van der Waals surface area contributed by atoms with E-state index in [2.05, 4.69) is 71.0 Å². The van der Waals surface area contributed by atoms with Gasteiger partial charge in [-0.05, 0) is 44.6 Å². The quantitative estimate of drug-likeness (QED) is 0.895. The third-order valence-corrected chi connectivity index (χ3v) is 4.88. The Kier molecular flexibility index (Phi) is 5.61. The summed E-state index contributed by atoms with van der Waals surface area (Å²) in [6, 6.07) is 9.75. The van der Waals surface area contributed by atoms with E-state index in [1.165, 1.54) is 12.0 Å². The topological polar surface area (TPSA) is 32.5 Å². The number of likely N-dealkylation sites (tertiary alicyclic amines) is 1. The number of halogens is 1. The van der Waals surface area contributed by atoms with Crippen LogP contribution in [0.1, 0.15) is 31.4 Å². The fraction of sp³-hybridized carbons (Fsp3) is 0.625. The maximum absolute atomic E-state index is 6.43. The third-order valence-electron chi connectivity index (χ3n) is 4.39. The lowest BCUT2D eigenvalue weighted by Crippen LogP contribution is -2.41. The van der Waals surface area contributed by atoms with Gasteiger partial charge in [0.2, 0.25) is 0 Å². The van der Waals surface area contributed by atoms with Crippen molar-refractivity contribution in [3.8, 4) is 0 Å². The second kappa shape index (κ2) is 7.03. The van der Waals surface area contributed by atoms with Crippen LogP contribution in [0.3, 0.4) is 0 Å². The van der Waals surface area contributed by atoms with Crippen LogP contribution in [-0.4, -0.2) is 49.1 Å². The monoisotopic (exact) mass is 339 g/mol. The lowest BCUT2D eigenvalue weighted by Gasteiger charge is -2.33. The molecule has 1 heterocycles. The standard InChI is InChI=1S/C16H26BrN3/c1-4-15(18)16(12-6-5-7-13(17)10-12)20-9-8-14(11-20)19(2)3/h5-7,10,14-16H,4,8-9,11,18H2,1-3H3. The van der Waals surface area contributed by atoms with Crippen LogP contribution < -0.4 is 5.73 Å². The first-order valence-corrected chi connectivity index (χ1v) is 8.23. The minimum atomic E-state index is 0.185. The maximum atomic E-state index is 6.43. The summed E-state index contributed by atoms with van der Waals surface area (Å²) in [6.45, 7) is 4.42. The van der Waals surface area contributed by atoms with E-state index in [4.69, 9.17) is 5.73 Å². The largest absolute Gasteiger partial charge is 0.326 e. The summed E-state index contributed by atoms with van der Waals surface area (Å²) in [5, 5.41) is 0. The first kappa shape index (κ1) is 16.0. The SMILES string of the molecule is CCC(N)C(c1cccc(Br)c1)N1CCC(N(C)C)C1. The van der Waals surface area contributed by atoms with E-state index < -0.39 is 0 Å². The lowest BCUT2D eigenvalue weighted by molar-refractivity contribution is 0.190. The lowest BCUT2D eigenvalue weighted by atomic mass is 9.96. The summed E-state index contributed by atoms with van der Waals surface area (Å²) < 4.78 is 1.13. The highest BCUT2D eigenvalue weighted by Crippen LogP contribution is 2.31. The number of benzene rings is 1. The Hall–Kier alpha value is -0.420. The van der Waals surface area contributed by atoms with Crippen molar-refractivity contribution in [3.63, 3.8) is 0 Å². The van der Waals surface area contributed by atoms with Crippen molar-refractivity contribution in [2.24, 2.45) is 5.73 Å². The van der Waals surface area contributed by atoms with Gasteiger partial charge in [0.25, 0.3) is 0 Å². The van der Waals surface area contributed by atoms with E-state index in [0.29, 0.717) is 12.1 Å². The molecule has 0 aromatic heterocycles. The molecule has 1 fully saturated rings. The zero-order valence-corrected chi connectivity index (χ0v) is 14.3. The number of nitrogens with two attached hydrogens (primary N) is 1. The minimum absolute atomic E-state index is 0.185. The van der Waals surface area contributed by atoms with Crippen LogP contribution in [0, 0.1) is 0 Å². The molecular formula is C16H26BrN3. The molecule has 0 amide bonds. The number of nitrogens with zero attached hydrogens (tertiary/aromatic N) is 2. The molecule has 1 aromatic carbocycles. The Morgan fingerprint density at radius 1 is 1.45 bits per heavy atom. The fourth-order valence-electron chi connectivity index (χ4n) is 3.08. The highest BCUT2D eigenvalue weighted by molar-refractivity contribution is 9.10. The smallest absolute Gasteiger partial charge is 0.0500 e. The van der Waals surface area contributed by atoms with E-state index in [-0.39, 0.29) is 6.04 Å². The minimum Gasteiger partial charge on any atom is -0.326 e. The molecule has 4 heteroatoms. The Bertz CT molecular complexity index is 435. The van der Waals surface area contributed by atoms with Gasteiger partial charge < -0.3 is 10.6 Å². The third kappa shape index (κ3) is 3.61. The van der Waals surface area contributed by atoms with Gasteiger partial charge in [-0.1, -0.05) is 35.0 Å². The summed E-state index contributed by atoms with van der Waals surface area (Å²) in [6.07, 6.45) is 2.23. The Morgan fingerprint density at radius 3 is 2.75 bits per heavy atom. The van der Waals surface area contributed by atoms with E-state index in [1.54, 1.807) is 0 Å². The maximum Gasteiger partial charge on any atom is 0.0500 e. The van der Waals surface area contributed by atoms with Gasteiger partial charge in [-0.3, -0.25) is 4.90 Å². The molecule has 0 radical (unpaired) electrons. The molecule has 2 rings (SSSR count). The summed E-state index contributed by atoms with van der Waals surface area (Å²) in [5.41, 5.74) is 7.76. The molecule has 0 spiro atoms. The Balaban J connectivity index is 2.21. The van der Waals surface area contributed by atoms with Gasteiger partial charge in [-0.15, -0.1) is 0 Å². The van der Waals surface area contributed by atoms with Gasteiger partial charge in [-0.2, -0.15) is 0 Å². The fourth-order valence-corrected chi connectivity index (χ4v) is 3.50. The van der Waals surface area contributed by atoms with E-state index in [1.807, 2.05) is 0 Å². The zero-order valence-electron chi connectivity index (χ0n) is 12.7. The van der Waals surface area contributed by atoms with Crippen LogP contribution in [0.15, 0.2) is 28.7 Å². The molecular weight excluding hydrogens is 314 g/mol. The summed E-state index contributed by atoms with van der Waals surface area (Å²) >= 11 is 3.58. The number of rotatable bonds is 5. The Labute approximate surface area is 131 Å². The van der Waals surface area contributed by atoms with Crippen molar-refractivity contribution < 1.29 is 0 Å². The molecule has 1 aromatic rings. The van der Waals surface area contributed by atoms with Crippen LogP contribution in [-0.2, 0) is 0 Å². The van der Waals surface area contributed by atoms with Crippen molar-refractivity contribution in [2.75, 3.05) is 27.2 Å². The van der Waals surface area contributed by atoms with Crippen LogP contribution in [0.25, 0.3) is 0 Å². The molecule has 20 heavy (non-hydrogen) atoms. The molecule has 3 unspecified atom stereocenters. The van der Waals surface area contributed by atoms with Crippen molar-refractivity contribution in [1.29, 1.82) is 0 Å². The van der Waals surface area contributed by atoms with Gasteiger partial charge in [0, 0.05) is 35.7 Å². The number of hydrogen-bond donors (Lipinski definition) is 1.